The van der Waals surface area contributed by atoms with E-state index < -0.39 is 0 Å². The Labute approximate surface area is 104 Å². The predicted molar refractivity (Wildman–Crippen MR) is 70.7 cm³/mol. The van der Waals surface area contributed by atoms with Crippen molar-refractivity contribution < 1.29 is 4.79 Å². The number of carbonyl (C=O) groups is 1. The first kappa shape index (κ1) is 13.7. The summed E-state index contributed by atoms with van der Waals surface area (Å²) in [6.45, 7) is 5.24. The normalized spacial score (nSPS) is 10.6. The molecule has 0 atom stereocenters. The van der Waals surface area contributed by atoms with Gasteiger partial charge in [0.05, 0.1) is 0 Å². The Morgan fingerprint density at radius 3 is 2.53 bits per heavy atom. The quantitative estimate of drug-likeness (QED) is 0.844. The number of hydrogen-bond donors (Lipinski definition) is 1. The summed E-state index contributed by atoms with van der Waals surface area (Å²) in [5, 5.41) is 2.86. The highest BCUT2D eigenvalue weighted by atomic mass is 16.1. The summed E-state index contributed by atoms with van der Waals surface area (Å²) in [4.78, 5) is 13.1. The van der Waals surface area contributed by atoms with Crippen LogP contribution in [-0.4, -0.2) is 24.9 Å². The van der Waals surface area contributed by atoms with Gasteiger partial charge in [-0.1, -0.05) is 25.1 Å². The number of nitrogens with one attached hydrogen (secondary N) is 1. The predicted octanol–water partition coefficient (Wildman–Crippen LogP) is 1.95. The van der Waals surface area contributed by atoms with Crippen molar-refractivity contribution in [2.75, 3.05) is 14.1 Å². The molecular weight excluding hydrogens is 212 g/mol. The average Bonchev–Trinajstić information content (AvgIpc) is 2.25. The lowest BCUT2D eigenvalue weighted by atomic mass is 10.0. The molecular formula is C14H22N2O. The Balaban J connectivity index is 2.85. The first-order valence-electron chi connectivity index (χ1n) is 6.02. The summed E-state index contributed by atoms with van der Waals surface area (Å²) in [6, 6.07) is 6.51. The molecule has 1 aromatic rings. The second-order valence-electron chi connectivity index (χ2n) is 4.60. The van der Waals surface area contributed by atoms with Crippen molar-refractivity contribution in [1.29, 1.82) is 0 Å². The lowest BCUT2D eigenvalue weighted by Crippen LogP contribution is -2.20. The van der Waals surface area contributed by atoms with E-state index in [0.717, 1.165) is 13.0 Å². The van der Waals surface area contributed by atoms with E-state index in [1.807, 2.05) is 0 Å². The van der Waals surface area contributed by atoms with E-state index in [-0.39, 0.29) is 5.91 Å². The van der Waals surface area contributed by atoms with E-state index in [9.17, 15) is 4.79 Å². The molecule has 0 aliphatic rings. The van der Waals surface area contributed by atoms with Crippen molar-refractivity contribution >= 4 is 5.91 Å². The lowest BCUT2D eigenvalue weighted by Gasteiger charge is -2.14. The fourth-order valence-corrected chi connectivity index (χ4v) is 1.87. The third-order valence-electron chi connectivity index (χ3n) is 2.68. The number of amides is 1. The maximum absolute atomic E-state index is 11.0. The van der Waals surface area contributed by atoms with Gasteiger partial charge in [-0.15, -0.1) is 0 Å². The van der Waals surface area contributed by atoms with Crippen LogP contribution < -0.4 is 5.32 Å². The highest BCUT2D eigenvalue weighted by molar-refractivity contribution is 5.72. The Morgan fingerprint density at radius 2 is 2.00 bits per heavy atom. The van der Waals surface area contributed by atoms with Crippen molar-refractivity contribution in [2.24, 2.45) is 0 Å². The van der Waals surface area contributed by atoms with E-state index in [0.29, 0.717) is 6.54 Å². The molecule has 0 unspecified atom stereocenters. The third kappa shape index (κ3) is 4.57. The Morgan fingerprint density at radius 1 is 1.29 bits per heavy atom. The molecule has 1 rings (SSSR count). The van der Waals surface area contributed by atoms with Crippen LogP contribution >= 0.6 is 0 Å². The molecule has 3 nitrogen and oxygen atoms in total. The Bertz CT molecular complexity index is 386. The molecule has 1 aromatic carbocycles. The molecule has 94 valence electrons. The summed E-state index contributed by atoms with van der Waals surface area (Å²) >= 11 is 0. The highest BCUT2D eigenvalue weighted by Crippen LogP contribution is 2.14. The monoisotopic (exact) mass is 234 g/mol. The Hall–Kier alpha value is -1.35. The average molecular weight is 234 g/mol. The van der Waals surface area contributed by atoms with E-state index >= 15 is 0 Å². The van der Waals surface area contributed by atoms with Crippen LogP contribution in [0, 0.1) is 0 Å². The van der Waals surface area contributed by atoms with Crippen molar-refractivity contribution in [2.45, 2.75) is 33.4 Å². The molecule has 17 heavy (non-hydrogen) atoms. The number of rotatable bonds is 5. The minimum atomic E-state index is 0.0186. The zero-order valence-electron chi connectivity index (χ0n) is 11.2. The molecule has 3 heteroatoms. The molecule has 0 spiro atoms. The molecule has 0 aliphatic carbocycles. The molecule has 0 fully saturated rings. The van der Waals surface area contributed by atoms with Gasteiger partial charge < -0.3 is 10.2 Å². The van der Waals surface area contributed by atoms with E-state index in [1.54, 1.807) is 6.92 Å². The smallest absolute Gasteiger partial charge is 0.217 e. The van der Waals surface area contributed by atoms with Crippen LogP contribution in [0.2, 0.25) is 0 Å². The van der Waals surface area contributed by atoms with Crippen molar-refractivity contribution in [1.82, 2.24) is 10.2 Å². The SMILES string of the molecule is CCc1ccc(CN(C)C)cc1CNC(C)=O. The molecule has 0 saturated carbocycles. The maximum atomic E-state index is 11.0. The standard InChI is InChI=1S/C14H22N2O/c1-5-13-7-6-12(10-16(3)4)8-14(13)9-15-11(2)17/h6-8H,5,9-10H2,1-4H3,(H,15,17). The third-order valence-corrected chi connectivity index (χ3v) is 2.68. The second-order valence-corrected chi connectivity index (χ2v) is 4.60. The fourth-order valence-electron chi connectivity index (χ4n) is 1.87. The van der Waals surface area contributed by atoms with Crippen LogP contribution in [0.15, 0.2) is 18.2 Å². The zero-order valence-corrected chi connectivity index (χ0v) is 11.2. The summed E-state index contributed by atoms with van der Waals surface area (Å²) in [5.41, 5.74) is 3.82. The molecule has 0 aliphatic heterocycles. The second kappa shape index (κ2) is 6.40. The van der Waals surface area contributed by atoms with Crippen LogP contribution in [0.5, 0.6) is 0 Å². The summed E-state index contributed by atoms with van der Waals surface area (Å²) < 4.78 is 0. The number of benzene rings is 1. The van der Waals surface area contributed by atoms with Crippen LogP contribution in [0.4, 0.5) is 0 Å². The lowest BCUT2D eigenvalue weighted by molar-refractivity contribution is -0.119. The zero-order chi connectivity index (χ0) is 12.8. The molecule has 0 aromatic heterocycles. The summed E-state index contributed by atoms with van der Waals surface area (Å²) in [5.74, 6) is 0.0186. The Kier molecular flexibility index (Phi) is 5.16. The van der Waals surface area contributed by atoms with Crippen LogP contribution in [0.3, 0.4) is 0 Å². The first-order valence-corrected chi connectivity index (χ1v) is 6.02. The van der Waals surface area contributed by atoms with Gasteiger partial charge in [-0.3, -0.25) is 4.79 Å². The van der Waals surface area contributed by atoms with Gasteiger partial charge in [-0.2, -0.15) is 0 Å². The van der Waals surface area contributed by atoms with E-state index in [2.05, 4.69) is 49.4 Å². The van der Waals surface area contributed by atoms with E-state index in [1.165, 1.54) is 16.7 Å². The van der Waals surface area contributed by atoms with Crippen molar-refractivity contribution in [3.8, 4) is 0 Å². The fraction of sp³-hybridized carbons (Fsp3) is 0.500. The van der Waals surface area contributed by atoms with Gasteiger partial charge >= 0.3 is 0 Å². The van der Waals surface area contributed by atoms with E-state index in [4.69, 9.17) is 0 Å². The van der Waals surface area contributed by atoms with Gasteiger partial charge in [0.1, 0.15) is 0 Å². The minimum Gasteiger partial charge on any atom is -0.352 e. The van der Waals surface area contributed by atoms with Crippen molar-refractivity contribution in [3.05, 3.63) is 34.9 Å². The van der Waals surface area contributed by atoms with Gasteiger partial charge in [0, 0.05) is 20.0 Å². The summed E-state index contributed by atoms with van der Waals surface area (Å²) in [6.07, 6.45) is 0.997. The number of nitrogens with zero attached hydrogens (tertiary/aromatic N) is 1. The van der Waals surface area contributed by atoms with Crippen LogP contribution in [0.1, 0.15) is 30.5 Å². The first-order chi connectivity index (χ1) is 8.02. The van der Waals surface area contributed by atoms with Gasteiger partial charge in [0.15, 0.2) is 0 Å². The van der Waals surface area contributed by atoms with Crippen LogP contribution in [0.25, 0.3) is 0 Å². The topological polar surface area (TPSA) is 32.3 Å². The number of aryl methyl sites for hydroxylation is 1. The minimum absolute atomic E-state index is 0.0186. The molecule has 0 saturated heterocycles. The van der Waals surface area contributed by atoms with Gasteiger partial charge in [-0.05, 0) is 37.2 Å². The van der Waals surface area contributed by atoms with Gasteiger partial charge in [-0.25, -0.2) is 0 Å². The molecule has 0 heterocycles. The van der Waals surface area contributed by atoms with Crippen LogP contribution in [-0.2, 0) is 24.3 Å². The molecule has 1 amide bonds. The number of hydrogen-bond acceptors (Lipinski definition) is 2. The maximum Gasteiger partial charge on any atom is 0.217 e. The molecule has 0 radical (unpaired) electrons. The van der Waals surface area contributed by atoms with Crippen molar-refractivity contribution in [3.63, 3.8) is 0 Å². The largest absolute Gasteiger partial charge is 0.352 e. The molecule has 0 bridgehead atoms. The molecule has 1 N–H and O–H groups in total. The number of carbonyl (C=O) groups excluding carboxylic acids is 1. The van der Waals surface area contributed by atoms with Gasteiger partial charge in [0.2, 0.25) is 5.91 Å². The van der Waals surface area contributed by atoms with Gasteiger partial charge in [0.25, 0.3) is 0 Å². The summed E-state index contributed by atoms with van der Waals surface area (Å²) in [7, 11) is 4.11. The highest BCUT2D eigenvalue weighted by Gasteiger charge is 2.04.